The Hall–Kier alpha value is -1.69. The van der Waals surface area contributed by atoms with Crippen molar-refractivity contribution < 1.29 is 9.53 Å². The molecule has 0 spiro atoms. The average Bonchev–Trinajstić information content (AvgIpc) is 2.53. The van der Waals surface area contributed by atoms with E-state index in [2.05, 4.69) is 22.2 Å². The first-order valence-corrected chi connectivity index (χ1v) is 7.71. The van der Waals surface area contributed by atoms with Crippen molar-refractivity contribution in [2.45, 2.75) is 39.2 Å². The summed E-state index contributed by atoms with van der Waals surface area (Å²) in [4.78, 5) is 22.7. The van der Waals surface area contributed by atoms with Gasteiger partial charge in [-0.25, -0.2) is 4.98 Å². The average molecular weight is 292 g/mol. The van der Waals surface area contributed by atoms with E-state index in [1.807, 2.05) is 11.8 Å². The number of carbonyl (C=O) groups excluding carboxylic acids is 1. The van der Waals surface area contributed by atoms with Gasteiger partial charge in [-0.3, -0.25) is 9.78 Å². The number of ether oxygens (including phenoxy) is 1. The Morgan fingerprint density at radius 1 is 1.38 bits per heavy atom. The summed E-state index contributed by atoms with van der Waals surface area (Å²) in [7, 11) is 0. The largest absolute Gasteiger partial charge is 0.378 e. The summed E-state index contributed by atoms with van der Waals surface area (Å²) in [6.45, 7) is 7.08. The van der Waals surface area contributed by atoms with Crippen LogP contribution in [0, 0.1) is 0 Å². The first-order valence-electron chi connectivity index (χ1n) is 7.71. The Balaban J connectivity index is 1.94. The highest BCUT2D eigenvalue weighted by molar-refractivity contribution is 5.92. The number of nitrogens with one attached hydrogen (secondary N) is 1. The minimum absolute atomic E-state index is 0.0439. The topological polar surface area (TPSA) is 67.4 Å². The van der Waals surface area contributed by atoms with Gasteiger partial charge in [0.05, 0.1) is 18.5 Å². The molecule has 0 saturated carbocycles. The zero-order valence-corrected chi connectivity index (χ0v) is 12.8. The van der Waals surface area contributed by atoms with E-state index in [0.717, 1.165) is 45.5 Å². The molecule has 0 radical (unpaired) electrons. The Morgan fingerprint density at radius 3 is 2.81 bits per heavy atom. The third-order valence-electron chi connectivity index (χ3n) is 3.54. The molecule has 6 nitrogen and oxygen atoms in total. The third kappa shape index (κ3) is 4.39. The molecule has 21 heavy (non-hydrogen) atoms. The number of anilines is 1. The fourth-order valence-electron chi connectivity index (χ4n) is 2.43. The molecule has 6 heteroatoms. The minimum atomic E-state index is -0.0439. The molecule has 1 N–H and O–H groups in total. The summed E-state index contributed by atoms with van der Waals surface area (Å²) in [6.07, 6.45) is 6.25. The predicted molar refractivity (Wildman–Crippen MR) is 81.4 cm³/mol. The zero-order chi connectivity index (χ0) is 15.1. The number of nitrogens with zero attached hydrogens (tertiary/aromatic N) is 3. The monoisotopic (exact) mass is 292 g/mol. The molecule has 1 fully saturated rings. The quantitative estimate of drug-likeness (QED) is 0.868. The second-order valence-electron chi connectivity index (χ2n) is 5.16. The highest BCUT2D eigenvalue weighted by atomic mass is 16.5. The van der Waals surface area contributed by atoms with Gasteiger partial charge in [0.15, 0.2) is 0 Å². The molecule has 0 bridgehead atoms. The predicted octanol–water partition coefficient (Wildman–Crippen LogP) is 1.94. The van der Waals surface area contributed by atoms with Crippen LogP contribution >= 0.6 is 0 Å². The minimum Gasteiger partial charge on any atom is -0.378 e. The summed E-state index contributed by atoms with van der Waals surface area (Å²) in [5.41, 5.74) is 0.408. The van der Waals surface area contributed by atoms with Gasteiger partial charge in [-0.2, -0.15) is 0 Å². The Kier molecular flexibility index (Phi) is 5.92. The highest BCUT2D eigenvalue weighted by Gasteiger charge is 2.24. The van der Waals surface area contributed by atoms with Crippen LogP contribution in [-0.4, -0.2) is 53.1 Å². The maximum Gasteiger partial charge on any atom is 0.274 e. The van der Waals surface area contributed by atoms with E-state index in [1.165, 1.54) is 6.20 Å². The smallest absolute Gasteiger partial charge is 0.274 e. The van der Waals surface area contributed by atoms with E-state index in [0.29, 0.717) is 11.5 Å². The third-order valence-corrected chi connectivity index (χ3v) is 3.54. The van der Waals surface area contributed by atoms with Crippen molar-refractivity contribution >= 4 is 11.7 Å². The fourth-order valence-corrected chi connectivity index (χ4v) is 2.43. The first-order chi connectivity index (χ1) is 10.2. The van der Waals surface area contributed by atoms with Gasteiger partial charge in [-0.15, -0.1) is 0 Å². The summed E-state index contributed by atoms with van der Waals surface area (Å²) in [5, 5.41) is 3.15. The molecule has 0 atom stereocenters. The summed E-state index contributed by atoms with van der Waals surface area (Å²) >= 11 is 0. The van der Waals surface area contributed by atoms with Crippen molar-refractivity contribution in [1.82, 2.24) is 14.9 Å². The van der Waals surface area contributed by atoms with Crippen molar-refractivity contribution in [2.75, 3.05) is 31.6 Å². The van der Waals surface area contributed by atoms with E-state index in [1.54, 1.807) is 6.20 Å². The van der Waals surface area contributed by atoms with Crippen molar-refractivity contribution in [3.05, 3.63) is 18.1 Å². The first kappa shape index (κ1) is 15.7. The number of amides is 1. The van der Waals surface area contributed by atoms with E-state index in [-0.39, 0.29) is 12.0 Å². The molecule has 1 aromatic heterocycles. The van der Waals surface area contributed by atoms with Gasteiger partial charge in [0.25, 0.3) is 5.91 Å². The molecule has 116 valence electrons. The highest BCUT2D eigenvalue weighted by Crippen LogP contribution is 2.16. The normalized spacial score (nSPS) is 16.0. The van der Waals surface area contributed by atoms with Crippen LogP contribution in [-0.2, 0) is 4.74 Å². The molecule has 0 unspecified atom stereocenters. The summed E-state index contributed by atoms with van der Waals surface area (Å²) < 4.78 is 5.60. The van der Waals surface area contributed by atoms with Crippen LogP contribution in [0.3, 0.4) is 0 Å². The fraction of sp³-hybridized carbons (Fsp3) is 0.667. The van der Waals surface area contributed by atoms with E-state index < -0.39 is 0 Å². The molecular formula is C15H24N4O2. The molecule has 1 saturated heterocycles. The standard InChI is InChI=1S/C15H24N4O2/c1-3-7-17-14-11-16-10-13(18-14)15(20)19-8-5-12(6-9-19)21-4-2/h10-12H,3-9H2,1-2H3,(H,17,18). The maximum absolute atomic E-state index is 12.4. The van der Waals surface area contributed by atoms with Crippen molar-refractivity contribution in [2.24, 2.45) is 0 Å². The lowest BCUT2D eigenvalue weighted by molar-refractivity contribution is 0.0144. The molecule has 1 aromatic rings. The molecule has 1 aliphatic heterocycles. The number of aromatic nitrogens is 2. The molecule has 1 amide bonds. The van der Waals surface area contributed by atoms with Crippen LogP contribution in [0.5, 0.6) is 0 Å². The van der Waals surface area contributed by atoms with E-state index in [4.69, 9.17) is 4.74 Å². The maximum atomic E-state index is 12.4. The van der Waals surface area contributed by atoms with Crippen LogP contribution in [0.1, 0.15) is 43.6 Å². The summed E-state index contributed by atoms with van der Waals surface area (Å²) in [5.74, 6) is 0.615. The lowest BCUT2D eigenvalue weighted by atomic mass is 10.1. The Labute approximate surface area is 125 Å². The van der Waals surface area contributed by atoms with Gasteiger partial charge in [0, 0.05) is 26.2 Å². The lowest BCUT2D eigenvalue weighted by Crippen LogP contribution is -2.41. The van der Waals surface area contributed by atoms with E-state index >= 15 is 0 Å². The van der Waals surface area contributed by atoms with Crippen molar-refractivity contribution in [1.29, 1.82) is 0 Å². The van der Waals surface area contributed by atoms with Crippen LogP contribution in [0.25, 0.3) is 0 Å². The second-order valence-corrected chi connectivity index (χ2v) is 5.16. The SMILES string of the molecule is CCCNc1cncc(C(=O)N2CCC(OCC)CC2)n1. The number of likely N-dealkylation sites (tertiary alicyclic amines) is 1. The molecule has 0 aromatic carbocycles. The van der Waals surface area contributed by atoms with Crippen molar-refractivity contribution in [3.63, 3.8) is 0 Å². The Morgan fingerprint density at radius 2 is 2.14 bits per heavy atom. The lowest BCUT2D eigenvalue weighted by Gasteiger charge is -2.31. The molecule has 1 aliphatic rings. The number of piperidine rings is 1. The summed E-state index contributed by atoms with van der Waals surface area (Å²) in [6, 6.07) is 0. The number of carbonyl (C=O) groups is 1. The van der Waals surface area contributed by atoms with Gasteiger partial charge < -0.3 is 15.0 Å². The molecule has 2 heterocycles. The van der Waals surface area contributed by atoms with Gasteiger partial charge in [0.2, 0.25) is 0 Å². The van der Waals surface area contributed by atoms with Crippen LogP contribution in [0.2, 0.25) is 0 Å². The number of hydrogen-bond acceptors (Lipinski definition) is 5. The van der Waals surface area contributed by atoms with E-state index in [9.17, 15) is 4.79 Å². The second kappa shape index (κ2) is 7.93. The molecular weight excluding hydrogens is 268 g/mol. The molecule has 2 rings (SSSR count). The van der Waals surface area contributed by atoms with Gasteiger partial charge in [-0.1, -0.05) is 6.92 Å². The number of hydrogen-bond donors (Lipinski definition) is 1. The van der Waals surface area contributed by atoms with Crippen LogP contribution in [0.4, 0.5) is 5.82 Å². The van der Waals surface area contributed by atoms with Gasteiger partial charge in [-0.05, 0) is 26.2 Å². The zero-order valence-electron chi connectivity index (χ0n) is 12.8. The Bertz CT molecular complexity index is 459. The molecule has 0 aliphatic carbocycles. The number of rotatable bonds is 6. The van der Waals surface area contributed by atoms with Crippen molar-refractivity contribution in [3.8, 4) is 0 Å². The van der Waals surface area contributed by atoms with Crippen LogP contribution in [0.15, 0.2) is 12.4 Å². The van der Waals surface area contributed by atoms with Gasteiger partial charge in [0.1, 0.15) is 11.5 Å². The van der Waals surface area contributed by atoms with Gasteiger partial charge >= 0.3 is 0 Å². The van der Waals surface area contributed by atoms with Crippen LogP contribution < -0.4 is 5.32 Å².